The van der Waals surface area contributed by atoms with Crippen molar-refractivity contribution in [3.05, 3.63) is 114 Å². The molecule has 0 bridgehead atoms. The van der Waals surface area contributed by atoms with E-state index in [2.05, 4.69) is 39.9 Å². The van der Waals surface area contributed by atoms with Crippen molar-refractivity contribution in [2.75, 3.05) is 5.32 Å². The Balaban J connectivity index is 1.20. The quantitative estimate of drug-likeness (QED) is 0.211. The monoisotopic (exact) mass is 535 g/mol. The summed E-state index contributed by atoms with van der Waals surface area (Å²) < 4.78 is 5.84. The third kappa shape index (κ3) is 6.86. The Bertz CT molecular complexity index is 1580. The van der Waals surface area contributed by atoms with Crippen LogP contribution in [0.25, 0.3) is 16.7 Å². The number of anilines is 1. The lowest BCUT2D eigenvalue weighted by atomic mass is 10.1. The number of nitrogens with zero attached hydrogens (tertiary/aromatic N) is 3. The third-order valence-electron chi connectivity index (χ3n) is 6.20. The molecule has 4 aromatic carbocycles. The number of ether oxygens (including phenoxy) is 1. The highest BCUT2D eigenvalue weighted by atomic mass is 32.1. The summed E-state index contributed by atoms with van der Waals surface area (Å²) in [6.45, 7) is 2.61. The second kappa shape index (κ2) is 12.3. The molecule has 0 saturated heterocycles. The number of hydrogen-bond acceptors (Lipinski definition) is 5. The normalized spacial score (nSPS) is 10.8. The summed E-state index contributed by atoms with van der Waals surface area (Å²) >= 11 is 5.39. The third-order valence-corrected chi connectivity index (χ3v) is 6.40. The van der Waals surface area contributed by atoms with E-state index in [4.69, 9.17) is 17.0 Å². The van der Waals surface area contributed by atoms with Crippen LogP contribution in [0.15, 0.2) is 97.1 Å². The highest BCUT2D eigenvalue weighted by molar-refractivity contribution is 7.80. The van der Waals surface area contributed by atoms with Gasteiger partial charge in [0, 0.05) is 11.3 Å². The van der Waals surface area contributed by atoms with E-state index in [0.717, 1.165) is 23.2 Å². The molecule has 196 valence electrons. The number of benzene rings is 4. The number of carbonyl (C=O) groups excluding carboxylic acids is 1. The van der Waals surface area contributed by atoms with Gasteiger partial charge in [0.25, 0.3) is 5.91 Å². The first-order chi connectivity index (χ1) is 19.1. The average Bonchev–Trinajstić information content (AvgIpc) is 3.39. The number of unbranched alkanes of at least 4 members (excludes halogenated alkanes) is 1. The standard InChI is InChI=1S/C31H29N5O2S/c1-2-3-8-22-13-16-26(17-14-22)36-34-28-18-15-25(20-29(28)35-36)32-31(39)33-30(37)24-11-7-12-27(19-24)38-21-23-9-5-4-6-10-23/h4-7,9-20H,2-3,8,21H2,1H3,(H2,32,33,37,39). The fourth-order valence-corrected chi connectivity index (χ4v) is 4.30. The molecule has 0 atom stereocenters. The van der Waals surface area contributed by atoms with Crippen molar-refractivity contribution in [1.29, 1.82) is 0 Å². The lowest BCUT2D eigenvalue weighted by Crippen LogP contribution is -2.34. The van der Waals surface area contributed by atoms with Crippen LogP contribution >= 0.6 is 12.2 Å². The van der Waals surface area contributed by atoms with Gasteiger partial charge >= 0.3 is 0 Å². The van der Waals surface area contributed by atoms with Gasteiger partial charge < -0.3 is 10.1 Å². The number of aryl methyl sites for hydroxylation is 1. The molecule has 0 spiro atoms. The maximum Gasteiger partial charge on any atom is 0.257 e. The second-order valence-corrected chi connectivity index (χ2v) is 9.58. The van der Waals surface area contributed by atoms with Crippen molar-refractivity contribution in [3.8, 4) is 11.4 Å². The molecule has 0 radical (unpaired) electrons. The Morgan fingerprint density at radius 1 is 0.872 bits per heavy atom. The lowest BCUT2D eigenvalue weighted by molar-refractivity contribution is 0.0977. The molecular formula is C31H29N5O2S. The summed E-state index contributed by atoms with van der Waals surface area (Å²) in [7, 11) is 0. The first kappa shape index (κ1) is 26.1. The molecule has 5 aromatic rings. The zero-order chi connectivity index (χ0) is 27.0. The van der Waals surface area contributed by atoms with Gasteiger partial charge in [-0.2, -0.15) is 4.80 Å². The van der Waals surface area contributed by atoms with E-state index in [0.29, 0.717) is 29.1 Å². The molecule has 0 saturated carbocycles. The minimum atomic E-state index is -0.327. The Labute approximate surface area is 232 Å². The molecule has 0 unspecified atom stereocenters. The average molecular weight is 536 g/mol. The highest BCUT2D eigenvalue weighted by Crippen LogP contribution is 2.19. The smallest absolute Gasteiger partial charge is 0.257 e. The molecule has 5 rings (SSSR count). The minimum absolute atomic E-state index is 0.185. The predicted octanol–water partition coefficient (Wildman–Crippen LogP) is 6.47. The summed E-state index contributed by atoms with van der Waals surface area (Å²) in [5.74, 6) is 0.279. The molecule has 1 aromatic heterocycles. The summed E-state index contributed by atoms with van der Waals surface area (Å²) in [5, 5.41) is 15.2. The van der Waals surface area contributed by atoms with E-state index in [9.17, 15) is 4.79 Å². The summed E-state index contributed by atoms with van der Waals surface area (Å²) in [6.07, 6.45) is 3.43. The fourth-order valence-electron chi connectivity index (χ4n) is 4.09. The number of hydrogen-bond donors (Lipinski definition) is 2. The molecule has 7 nitrogen and oxygen atoms in total. The van der Waals surface area contributed by atoms with E-state index in [-0.39, 0.29) is 11.0 Å². The Morgan fingerprint density at radius 2 is 1.67 bits per heavy atom. The lowest BCUT2D eigenvalue weighted by Gasteiger charge is -2.11. The summed E-state index contributed by atoms with van der Waals surface area (Å²) in [4.78, 5) is 14.4. The molecule has 0 aliphatic carbocycles. The van der Waals surface area contributed by atoms with Gasteiger partial charge in [-0.3, -0.25) is 10.1 Å². The van der Waals surface area contributed by atoms with Gasteiger partial charge in [0.1, 0.15) is 23.4 Å². The summed E-state index contributed by atoms with van der Waals surface area (Å²) in [6, 6.07) is 30.8. The van der Waals surface area contributed by atoms with Gasteiger partial charge in [-0.1, -0.05) is 61.9 Å². The first-order valence-electron chi connectivity index (χ1n) is 12.9. The van der Waals surface area contributed by atoms with Crippen molar-refractivity contribution in [1.82, 2.24) is 20.3 Å². The predicted molar refractivity (Wildman–Crippen MR) is 158 cm³/mol. The van der Waals surface area contributed by atoms with Crippen LogP contribution in [0.4, 0.5) is 5.69 Å². The van der Waals surface area contributed by atoms with Crippen LogP contribution in [0.1, 0.15) is 41.3 Å². The van der Waals surface area contributed by atoms with E-state index in [1.807, 2.05) is 66.7 Å². The number of nitrogens with one attached hydrogen (secondary N) is 2. The second-order valence-electron chi connectivity index (χ2n) is 9.17. The zero-order valence-corrected chi connectivity index (χ0v) is 22.4. The maximum absolute atomic E-state index is 12.8. The van der Waals surface area contributed by atoms with E-state index in [1.165, 1.54) is 18.4 Å². The first-order valence-corrected chi connectivity index (χ1v) is 13.3. The van der Waals surface area contributed by atoms with Crippen LogP contribution in [0.5, 0.6) is 5.75 Å². The van der Waals surface area contributed by atoms with Crippen LogP contribution in [-0.2, 0) is 13.0 Å². The topological polar surface area (TPSA) is 81.1 Å². The molecule has 1 amide bonds. The molecule has 0 aliphatic heterocycles. The van der Waals surface area contributed by atoms with Crippen LogP contribution in [0.2, 0.25) is 0 Å². The van der Waals surface area contributed by atoms with Crippen molar-refractivity contribution in [2.45, 2.75) is 32.8 Å². The molecular weight excluding hydrogens is 506 g/mol. The van der Waals surface area contributed by atoms with Crippen molar-refractivity contribution >= 4 is 40.0 Å². The number of thiocarbonyl (C=S) groups is 1. The van der Waals surface area contributed by atoms with Crippen molar-refractivity contribution in [2.24, 2.45) is 0 Å². The van der Waals surface area contributed by atoms with Gasteiger partial charge in [0.2, 0.25) is 0 Å². The Kier molecular flexibility index (Phi) is 8.23. The minimum Gasteiger partial charge on any atom is -0.489 e. The highest BCUT2D eigenvalue weighted by Gasteiger charge is 2.11. The number of amides is 1. The van der Waals surface area contributed by atoms with Gasteiger partial charge in [-0.05, 0) is 84.7 Å². The maximum atomic E-state index is 12.8. The number of aromatic nitrogens is 3. The van der Waals surface area contributed by atoms with Crippen molar-refractivity contribution in [3.63, 3.8) is 0 Å². The van der Waals surface area contributed by atoms with Crippen LogP contribution < -0.4 is 15.4 Å². The number of rotatable bonds is 9. The molecule has 8 heteroatoms. The largest absolute Gasteiger partial charge is 0.489 e. The van der Waals surface area contributed by atoms with E-state index in [1.54, 1.807) is 23.0 Å². The Hall–Kier alpha value is -4.56. The number of fused-ring (bicyclic) bond motifs is 1. The molecule has 0 fully saturated rings. The molecule has 39 heavy (non-hydrogen) atoms. The van der Waals surface area contributed by atoms with Crippen LogP contribution in [0, 0.1) is 0 Å². The molecule has 1 heterocycles. The molecule has 0 aliphatic rings. The Morgan fingerprint density at radius 3 is 2.46 bits per heavy atom. The van der Waals surface area contributed by atoms with Gasteiger partial charge in [-0.15, -0.1) is 10.2 Å². The van der Waals surface area contributed by atoms with Crippen molar-refractivity contribution < 1.29 is 9.53 Å². The van der Waals surface area contributed by atoms with Gasteiger partial charge in [0.05, 0.1) is 5.69 Å². The van der Waals surface area contributed by atoms with Crippen LogP contribution in [-0.4, -0.2) is 26.0 Å². The fraction of sp³-hybridized carbons (Fsp3) is 0.161. The van der Waals surface area contributed by atoms with E-state index < -0.39 is 0 Å². The summed E-state index contributed by atoms with van der Waals surface area (Å²) in [5.41, 5.74) is 5.89. The van der Waals surface area contributed by atoms with Gasteiger partial charge in [-0.25, -0.2) is 0 Å². The van der Waals surface area contributed by atoms with Gasteiger partial charge in [0.15, 0.2) is 5.11 Å². The zero-order valence-electron chi connectivity index (χ0n) is 21.6. The number of carbonyl (C=O) groups is 1. The SMILES string of the molecule is CCCCc1ccc(-n2nc3ccc(NC(=S)NC(=O)c4cccc(OCc5ccccc5)c4)cc3n2)cc1. The van der Waals surface area contributed by atoms with Crippen LogP contribution in [0.3, 0.4) is 0 Å². The van der Waals surface area contributed by atoms with E-state index >= 15 is 0 Å². The molecule has 2 N–H and O–H groups in total.